The highest BCUT2D eigenvalue weighted by Gasteiger charge is 2.28. The molecular weight excluding hydrogens is 302 g/mol. The predicted molar refractivity (Wildman–Crippen MR) is 94.7 cm³/mol. The summed E-state index contributed by atoms with van der Waals surface area (Å²) in [5.41, 5.74) is 4.21. The molecule has 2 aliphatic carbocycles. The minimum Gasteiger partial charge on any atom is -0.344 e. The fourth-order valence-electron chi connectivity index (χ4n) is 3.64. The van der Waals surface area contributed by atoms with Crippen LogP contribution >= 0.6 is 11.3 Å². The number of amides is 1. The number of carbonyl (C=O) groups is 1. The van der Waals surface area contributed by atoms with Crippen molar-refractivity contribution in [3.05, 3.63) is 57.3 Å². The van der Waals surface area contributed by atoms with Gasteiger partial charge < -0.3 is 5.32 Å². The molecule has 0 aliphatic heterocycles. The second kappa shape index (κ2) is 6.48. The Labute approximate surface area is 141 Å². The number of hydrogen-bond acceptors (Lipinski definition) is 2. The molecule has 1 fully saturated rings. The second-order valence-corrected chi connectivity index (χ2v) is 7.80. The molecule has 23 heavy (non-hydrogen) atoms. The summed E-state index contributed by atoms with van der Waals surface area (Å²) in [6.07, 6.45) is 8.26. The third-order valence-electron chi connectivity index (χ3n) is 5.30. The van der Waals surface area contributed by atoms with E-state index in [0.29, 0.717) is 0 Å². The molecule has 1 atom stereocenters. The molecule has 1 aromatic heterocycles. The molecule has 1 heterocycles. The van der Waals surface area contributed by atoms with E-state index in [1.807, 2.05) is 0 Å². The van der Waals surface area contributed by atoms with E-state index in [-0.39, 0.29) is 17.9 Å². The summed E-state index contributed by atoms with van der Waals surface area (Å²) in [5.74, 6) is 0.461. The highest BCUT2D eigenvalue weighted by Crippen LogP contribution is 2.32. The second-order valence-electron chi connectivity index (χ2n) is 6.82. The Hall–Kier alpha value is -1.61. The quantitative estimate of drug-likeness (QED) is 0.872. The van der Waals surface area contributed by atoms with Crippen molar-refractivity contribution in [3.8, 4) is 0 Å². The number of hydrogen-bond donors (Lipinski definition) is 1. The van der Waals surface area contributed by atoms with Gasteiger partial charge in [-0.15, -0.1) is 11.3 Å². The maximum atomic E-state index is 12.5. The van der Waals surface area contributed by atoms with Gasteiger partial charge in [0.25, 0.3) is 0 Å². The Morgan fingerprint density at radius 2 is 1.91 bits per heavy atom. The van der Waals surface area contributed by atoms with Crippen LogP contribution in [0.2, 0.25) is 0 Å². The van der Waals surface area contributed by atoms with Crippen molar-refractivity contribution in [3.63, 3.8) is 0 Å². The van der Waals surface area contributed by atoms with Gasteiger partial charge in [-0.3, -0.25) is 4.79 Å². The van der Waals surface area contributed by atoms with Gasteiger partial charge in [0.2, 0.25) is 5.91 Å². The van der Waals surface area contributed by atoms with E-state index in [0.717, 1.165) is 12.8 Å². The summed E-state index contributed by atoms with van der Waals surface area (Å²) in [4.78, 5) is 13.7. The zero-order valence-electron chi connectivity index (χ0n) is 13.4. The highest BCUT2D eigenvalue weighted by molar-refractivity contribution is 7.10. The van der Waals surface area contributed by atoms with E-state index in [9.17, 15) is 4.79 Å². The van der Waals surface area contributed by atoms with Gasteiger partial charge in [0.05, 0.1) is 6.04 Å². The van der Waals surface area contributed by atoms with Gasteiger partial charge in [0, 0.05) is 10.8 Å². The average Bonchev–Trinajstić information content (AvgIpc) is 3.04. The van der Waals surface area contributed by atoms with Crippen LogP contribution < -0.4 is 5.32 Å². The highest BCUT2D eigenvalue weighted by atomic mass is 32.1. The van der Waals surface area contributed by atoms with Crippen molar-refractivity contribution < 1.29 is 4.79 Å². The maximum Gasteiger partial charge on any atom is 0.223 e. The maximum absolute atomic E-state index is 12.5. The monoisotopic (exact) mass is 325 g/mol. The summed E-state index contributed by atoms with van der Waals surface area (Å²) in [6, 6.07) is 11.0. The SMILES string of the molecule is O=C(NC(c1ccc2c(c1)CCCC2)c1cccs1)C1CCC1. The predicted octanol–water partition coefficient (Wildman–Crippen LogP) is 4.63. The van der Waals surface area contributed by atoms with Crippen LogP contribution in [0.3, 0.4) is 0 Å². The van der Waals surface area contributed by atoms with Crippen LogP contribution in [0, 0.1) is 5.92 Å². The molecule has 0 spiro atoms. The van der Waals surface area contributed by atoms with E-state index >= 15 is 0 Å². The summed E-state index contributed by atoms with van der Waals surface area (Å²) in [7, 11) is 0. The number of aryl methyl sites for hydroxylation is 2. The van der Waals surface area contributed by atoms with E-state index in [2.05, 4.69) is 41.0 Å². The third kappa shape index (κ3) is 3.07. The van der Waals surface area contributed by atoms with Gasteiger partial charge >= 0.3 is 0 Å². The molecule has 3 heteroatoms. The summed E-state index contributed by atoms with van der Waals surface area (Å²) >= 11 is 1.73. The molecule has 0 bridgehead atoms. The van der Waals surface area contributed by atoms with Crippen molar-refractivity contribution in [2.75, 3.05) is 0 Å². The van der Waals surface area contributed by atoms with E-state index in [4.69, 9.17) is 0 Å². The molecule has 2 aromatic rings. The van der Waals surface area contributed by atoms with Gasteiger partial charge in [-0.25, -0.2) is 0 Å². The van der Waals surface area contributed by atoms with Gasteiger partial charge in [-0.05, 0) is 66.7 Å². The molecule has 120 valence electrons. The van der Waals surface area contributed by atoms with Crippen molar-refractivity contribution in [1.29, 1.82) is 0 Å². The molecule has 2 aliphatic rings. The molecular formula is C20H23NOS. The Balaban J connectivity index is 1.63. The van der Waals surface area contributed by atoms with Crippen LogP contribution in [0.4, 0.5) is 0 Å². The molecule has 4 rings (SSSR count). The summed E-state index contributed by atoms with van der Waals surface area (Å²) in [5, 5.41) is 5.41. The minimum atomic E-state index is 0.00956. The van der Waals surface area contributed by atoms with Crippen LogP contribution in [0.1, 0.15) is 59.7 Å². The molecule has 1 unspecified atom stereocenters. The number of carbonyl (C=O) groups excluding carboxylic acids is 1. The number of fused-ring (bicyclic) bond motifs is 1. The number of thiophene rings is 1. The van der Waals surface area contributed by atoms with Crippen LogP contribution in [0.15, 0.2) is 35.7 Å². The number of nitrogens with one attached hydrogen (secondary N) is 1. The summed E-state index contributed by atoms with van der Waals surface area (Å²) < 4.78 is 0. The van der Waals surface area contributed by atoms with E-state index in [1.165, 1.54) is 53.7 Å². The van der Waals surface area contributed by atoms with Crippen LogP contribution in [-0.4, -0.2) is 5.91 Å². The lowest BCUT2D eigenvalue weighted by Crippen LogP contribution is -2.37. The molecule has 0 saturated heterocycles. The zero-order valence-corrected chi connectivity index (χ0v) is 14.2. The Bertz CT molecular complexity index is 688. The van der Waals surface area contributed by atoms with Crippen molar-refractivity contribution in [1.82, 2.24) is 5.32 Å². The topological polar surface area (TPSA) is 29.1 Å². The van der Waals surface area contributed by atoms with Gasteiger partial charge in [0.15, 0.2) is 0 Å². The molecule has 1 saturated carbocycles. The molecule has 2 nitrogen and oxygen atoms in total. The Morgan fingerprint density at radius 1 is 1.09 bits per heavy atom. The van der Waals surface area contributed by atoms with Crippen molar-refractivity contribution in [2.45, 2.75) is 51.0 Å². The van der Waals surface area contributed by atoms with Crippen LogP contribution in [0.25, 0.3) is 0 Å². The van der Waals surface area contributed by atoms with Crippen LogP contribution in [-0.2, 0) is 17.6 Å². The number of benzene rings is 1. The van der Waals surface area contributed by atoms with Crippen molar-refractivity contribution in [2.24, 2.45) is 5.92 Å². The normalized spacial score (nSPS) is 18.8. The lowest BCUT2D eigenvalue weighted by Gasteiger charge is -2.28. The van der Waals surface area contributed by atoms with Gasteiger partial charge in [-0.2, -0.15) is 0 Å². The smallest absolute Gasteiger partial charge is 0.223 e. The van der Waals surface area contributed by atoms with Gasteiger partial charge in [-0.1, -0.05) is 30.7 Å². The summed E-state index contributed by atoms with van der Waals surface area (Å²) in [6.45, 7) is 0. The third-order valence-corrected chi connectivity index (χ3v) is 6.23. The first-order valence-corrected chi connectivity index (χ1v) is 9.65. The standard InChI is InChI=1S/C20H23NOS/c22-20(15-7-3-8-15)21-19(18-9-4-12-23-18)17-11-10-14-5-1-2-6-16(14)13-17/h4,9-13,15,19H,1-3,5-8H2,(H,21,22). The molecule has 1 aromatic carbocycles. The van der Waals surface area contributed by atoms with E-state index < -0.39 is 0 Å². The fraction of sp³-hybridized carbons (Fsp3) is 0.450. The first kappa shape index (κ1) is 14.9. The molecule has 1 amide bonds. The number of rotatable bonds is 4. The first-order chi connectivity index (χ1) is 11.3. The minimum absolute atomic E-state index is 0.00956. The van der Waals surface area contributed by atoms with Crippen molar-refractivity contribution >= 4 is 17.2 Å². The lowest BCUT2D eigenvalue weighted by atomic mass is 9.84. The molecule has 1 N–H and O–H groups in total. The Morgan fingerprint density at radius 3 is 2.61 bits per heavy atom. The first-order valence-electron chi connectivity index (χ1n) is 8.77. The average molecular weight is 325 g/mol. The zero-order chi connectivity index (χ0) is 15.6. The molecule has 0 radical (unpaired) electrons. The van der Waals surface area contributed by atoms with E-state index in [1.54, 1.807) is 11.3 Å². The largest absolute Gasteiger partial charge is 0.344 e. The van der Waals surface area contributed by atoms with Gasteiger partial charge in [0.1, 0.15) is 0 Å². The fourth-order valence-corrected chi connectivity index (χ4v) is 4.44. The Kier molecular flexibility index (Phi) is 4.21. The van der Waals surface area contributed by atoms with Crippen LogP contribution in [0.5, 0.6) is 0 Å². The lowest BCUT2D eigenvalue weighted by molar-refractivity contribution is -0.127.